The fourth-order valence-electron chi connectivity index (χ4n) is 4.22. The lowest BCUT2D eigenvalue weighted by atomic mass is 10.1. The highest BCUT2D eigenvalue weighted by molar-refractivity contribution is 6.00. The minimum atomic E-state index is -0.264. The molecule has 2 aromatic rings. The molecule has 2 saturated heterocycles. The highest BCUT2D eigenvalue weighted by Crippen LogP contribution is 2.28. The van der Waals surface area contributed by atoms with Crippen molar-refractivity contribution in [2.45, 2.75) is 19.9 Å². The molecule has 0 spiro atoms. The fourth-order valence-corrected chi connectivity index (χ4v) is 4.22. The third-order valence-corrected chi connectivity index (χ3v) is 6.12. The van der Waals surface area contributed by atoms with Gasteiger partial charge in [-0.2, -0.15) is 0 Å². The van der Waals surface area contributed by atoms with Crippen LogP contribution >= 0.6 is 0 Å². The van der Waals surface area contributed by atoms with E-state index in [1.165, 1.54) is 0 Å². The molecular weight excluding hydrogens is 382 g/mol. The summed E-state index contributed by atoms with van der Waals surface area (Å²) in [6.45, 7) is 7.48. The fraction of sp³-hybridized carbons (Fsp3) is 0.500. The van der Waals surface area contributed by atoms with E-state index in [-0.39, 0.29) is 24.2 Å². The summed E-state index contributed by atoms with van der Waals surface area (Å²) in [5, 5.41) is 0. The van der Waals surface area contributed by atoms with Crippen molar-refractivity contribution in [1.82, 2.24) is 19.4 Å². The van der Waals surface area contributed by atoms with Crippen LogP contribution in [0.3, 0.4) is 0 Å². The SMILES string of the molecule is COc1ccc(N2CC(C(=O)N3CCN(CCn4ccnc4C)CC3)CC2=O)cc1. The molecule has 2 amide bonds. The lowest BCUT2D eigenvalue weighted by Crippen LogP contribution is -2.51. The van der Waals surface area contributed by atoms with Gasteiger partial charge in [0.25, 0.3) is 0 Å². The maximum Gasteiger partial charge on any atom is 0.228 e. The predicted molar refractivity (Wildman–Crippen MR) is 113 cm³/mol. The number of hydrogen-bond acceptors (Lipinski definition) is 5. The summed E-state index contributed by atoms with van der Waals surface area (Å²) in [6, 6.07) is 7.40. The standard InChI is InChI=1S/C22H29N5O3/c1-17-23-7-8-25(17)12-9-24-10-13-26(14-11-24)22(29)18-15-21(28)27(16-18)19-3-5-20(30-2)6-4-19/h3-8,18H,9-16H2,1-2H3. The van der Waals surface area contributed by atoms with Crippen LogP contribution in [0.4, 0.5) is 5.69 Å². The van der Waals surface area contributed by atoms with E-state index in [0.29, 0.717) is 6.54 Å². The second-order valence-corrected chi connectivity index (χ2v) is 7.94. The number of carbonyl (C=O) groups is 2. The second kappa shape index (κ2) is 8.87. The predicted octanol–water partition coefficient (Wildman–Crippen LogP) is 1.40. The van der Waals surface area contributed by atoms with Crippen molar-refractivity contribution in [2.24, 2.45) is 5.92 Å². The zero-order chi connectivity index (χ0) is 21.1. The molecule has 3 heterocycles. The zero-order valence-corrected chi connectivity index (χ0v) is 17.7. The van der Waals surface area contributed by atoms with E-state index in [1.54, 1.807) is 12.0 Å². The molecule has 2 fully saturated rings. The minimum absolute atomic E-state index is 0.00727. The summed E-state index contributed by atoms with van der Waals surface area (Å²) < 4.78 is 7.33. The Morgan fingerprint density at radius 3 is 2.50 bits per heavy atom. The van der Waals surface area contributed by atoms with Gasteiger partial charge in [0.05, 0.1) is 13.0 Å². The van der Waals surface area contributed by atoms with E-state index in [0.717, 1.165) is 56.5 Å². The first-order chi connectivity index (χ1) is 14.5. The molecular formula is C22H29N5O3. The van der Waals surface area contributed by atoms with E-state index < -0.39 is 0 Å². The minimum Gasteiger partial charge on any atom is -0.497 e. The van der Waals surface area contributed by atoms with Gasteiger partial charge in [0.2, 0.25) is 11.8 Å². The van der Waals surface area contributed by atoms with E-state index in [4.69, 9.17) is 4.74 Å². The molecule has 2 aliphatic rings. The summed E-state index contributed by atoms with van der Waals surface area (Å²) >= 11 is 0. The van der Waals surface area contributed by atoms with Gasteiger partial charge in [-0.3, -0.25) is 14.5 Å². The van der Waals surface area contributed by atoms with E-state index in [1.807, 2.05) is 48.5 Å². The zero-order valence-electron chi connectivity index (χ0n) is 17.7. The molecule has 0 bridgehead atoms. The molecule has 0 saturated carbocycles. The normalized spacial score (nSPS) is 20.1. The van der Waals surface area contributed by atoms with Crippen LogP contribution < -0.4 is 9.64 Å². The Morgan fingerprint density at radius 1 is 1.13 bits per heavy atom. The molecule has 4 rings (SSSR count). The van der Waals surface area contributed by atoms with Crippen molar-refractivity contribution < 1.29 is 14.3 Å². The first-order valence-electron chi connectivity index (χ1n) is 10.5. The number of imidazole rings is 1. The number of amides is 2. The van der Waals surface area contributed by atoms with Crippen LogP contribution in [0.25, 0.3) is 0 Å². The lowest BCUT2D eigenvalue weighted by Gasteiger charge is -2.36. The summed E-state index contributed by atoms with van der Waals surface area (Å²) in [6.07, 6.45) is 4.11. The monoisotopic (exact) mass is 411 g/mol. The van der Waals surface area contributed by atoms with Gasteiger partial charge in [0, 0.05) is 70.3 Å². The Labute approximate surface area is 177 Å². The van der Waals surface area contributed by atoms with Gasteiger partial charge in [0.15, 0.2) is 0 Å². The molecule has 160 valence electrons. The van der Waals surface area contributed by atoms with Crippen LogP contribution in [0.15, 0.2) is 36.7 Å². The number of benzene rings is 1. The van der Waals surface area contributed by atoms with Crippen LogP contribution in [-0.2, 0) is 16.1 Å². The van der Waals surface area contributed by atoms with Crippen LogP contribution in [0.1, 0.15) is 12.2 Å². The Morgan fingerprint density at radius 2 is 1.87 bits per heavy atom. The molecule has 0 radical (unpaired) electrons. The average Bonchev–Trinajstić information content (AvgIpc) is 3.37. The number of anilines is 1. The van der Waals surface area contributed by atoms with Gasteiger partial charge >= 0.3 is 0 Å². The molecule has 1 aromatic carbocycles. The van der Waals surface area contributed by atoms with Gasteiger partial charge in [-0.15, -0.1) is 0 Å². The molecule has 8 heteroatoms. The van der Waals surface area contributed by atoms with E-state index in [2.05, 4.69) is 14.5 Å². The first kappa shape index (κ1) is 20.4. The van der Waals surface area contributed by atoms with Gasteiger partial charge < -0.3 is 19.1 Å². The molecule has 0 aliphatic carbocycles. The average molecular weight is 412 g/mol. The second-order valence-electron chi connectivity index (χ2n) is 7.94. The van der Waals surface area contributed by atoms with Crippen molar-refractivity contribution in [3.63, 3.8) is 0 Å². The van der Waals surface area contributed by atoms with Gasteiger partial charge in [-0.1, -0.05) is 0 Å². The number of nitrogens with zero attached hydrogens (tertiary/aromatic N) is 5. The number of methoxy groups -OCH3 is 1. The van der Waals surface area contributed by atoms with E-state index in [9.17, 15) is 9.59 Å². The molecule has 2 aliphatic heterocycles. The Balaban J connectivity index is 1.28. The van der Waals surface area contributed by atoms with Crippen LogP contribution in [0.5, 0.6) is 5.75 Å². The quantitative estimate of drug-likeness (QED) is 0.719. The van der Waals surface area contributed by atoms with Gasteiger partial charge in [-0.25, -0.2) is 4.98 Å². The number of aryl methyl sites for hydroxylation is 1. The Kier molecular flexibility index (Phi) is 6.03. The Bertz CT molecular complexity index is 886. The highest BCUT2D eigenvalue weighted by Gasteiger charge is 2.37. The first-order valence-corrected chi connectivity index (χ1v) is 10.5. The molecule has 1 aromatic heterocycles. The highest BCUT2D eigenvalue weighted by atomic mass is 16.5. The Hall–Kier alpha value is -2.87. The molecule has 30 heavy (non-hydrogen) atoms. The molecule has 1 unspecified atom stereocenters. The summed E-state index contributed by atoms with van der Waals surface area (Å²) in [5.41, 5.74) is 0.815. The number of piperazine rings is 1. The summed E-state index contributed by atoms with van der Waals surface area (Å²) in [7, 11) is 1.61. The number of hydrogen-bond donors (Lipinski definition) is 0. The molecule has 0 N–H and O–H groups in total. The lowest BCUT2D eigenvalue weighted by molar-refractivity contribution is -0.137. The van der Waals surface area contributed by atoms with Gasteiger partial charge in [-0.05, 0) is 31.2 Å². The number of aromatic nitrogens is 2. The van der Waals surface area contributed by atoms with Crippen molar-refractivity contribution in [3.8, 4) is 5.75 Å². The van der Waals surface area contributed by atoms with Gasteiger partial charge in [0.1, 0.15) is 11.6 Å². The smallest absolute Gasteiger partial charge is 0.228 e. The topological polar surface area (TPSA) is 70.9 Å². The molecule has 8 nitrogen and oxygen atoms in total. The maximum absolute atomic E-state index is 13.0. The number of ether oxygens (including phenoxy) is 1. The van der Waals surface area contributed by atoms with Crippen molar-refractivity contribution in [3.05, 3.63) is 42.5 Å². The third-order valence-electron chi connectivity index (χ3n) is 6.12. The van der Waals surface area contributed by atoms with Crippen LogP contribution in [0.2, 0.25) is 0 Å². The summed E-state index contributed by atoms with van der Waals surface area (Å²) in [4.78, 5) is 35.8. The number of rotatable bonds is 6. The van der Waals surface area contributed by atoms with Crippen LogP contribution in [-0.4, -0.2) is 77.5 Å². The molecule has 1 atom stereocenters. The largest absolute Gasteiger partial charge is 0.497 e. The van der Waals surface area contributed by atoms with Crippen molar-refractivity contribution >= 4 is 17.5 Å². The van der Waals surface area contributed by atoms with Crippen molar-refractivity contribution in [1.29, 1.82) is 0 Å². The van der Waals surface area contributed by atoms with Crippen molar-refractivity contribution in [2.75, 3.05) is 51.3 Å². The third kappa shape index (κ3) is 4.33. The number of carbonyl (C=O) groups excluding carboxylic acids is 2. The van der Waals surface area contributed by atoms with Crippen LogP contribution in [0, 0.1) is 12.8 Å². The van der Waals surface area contributed by atoms with E-state index >= 15 is 0 Å². The maximum atomic E-state index is 13.0. The summed E-state index contributed by atoms with van der Waals surface area (Å²) in [5.74, 6) is 1.62.